The summed E-state index contributed by atoms with van der Waals surface area (Å²) < 4.78 is 1.13. The largest absolute Gasteiger partial charge is 0.374 e. The molecule has 0 saturated carbocycles. The second-order valence-corrected chi connectivity index (χ2v) is 7.31. The number of hydrogen-bond acceptors (Lipinski definition) is 2. The van der Waals surface area contributed by atoms with E-state index >= 15 is 0 Å². The summed E-state index contributed by atoms with van der Waals surface area (Å²) in [6.07, 6.45) is 3.95. The van der Waals surface area contributed by atoms with Gasteiger partial charge < -0.3 is 10.3 Å². The Bertz CT molecular complexity index is 1110. The number of pyridine rings is 1. The Balaban J connectivity index is 1.83. The van der Waals surface area contributed by atoms with Crippen LogP contribution in [0.15, 0.2) is 65.4 Å². The molecule has 1 unspecified atom stereocenters. The van der Waals surface area contributed by atoms with Crippen molar-refractivity contribution >= 4 is 32.7 Å². The van der Waals surface area contributed by atoms with E-state index in [2.05, 4.69) is 92.9 Å². The highest BCUT2D eigenvalue weighted by Crippen LogP contribution is 2.43. The molecule has 2 N–H and O–H groups in total. The average molecular weight is 390 g/mol. The predicted molar refractivity (Wildman–Crippen MR) is 106 cm³/mol. The smallest absolute Gasteiger partial charge is 0.138 e. The van der Waals surface area contributed by atoms with Crippen molar-refractivity contribution in [1.82, 2.24) is 9.97 Å². The van der Waals surface area contributed by atoms with Crippen molar-refractivity contribution in [2.75, 3.05) is 5.32 Å². The van der Waals surface area contributed by atoms with Gasteiger partial charge in [0.1, 0.15) is 5.65 Å². The van der Waals surface area contributed by atoms with Crippen LogP contribution in [0, 0.1) is 6.92 Å². The van der Waals surface area contributed by atoms with E-state index in [1.54, 1.807) is 0 Å². The standard InChI is InChI=1S/C21H16BrN3/c1-12-6-7-13(10-17(12)22)20-16-11-24-21-19(16)15(8-9-23-21)14-4-2-3-5-18(14)25-20/h2-11,20,25H,1H3,(H,23,24). The van der Waals surface area contributed by atoms with Gasteiger partial charge in [0.25, 0.3) is 0 Å². The topological polar surface area (TPSA) is 40.7 Å². The Labute approximate surface area is 154 Å². The molecule has 0 saturated heterocycles. The molecule has 0 spiro atoms. The summed E-state index contributed by atoms with van der Waals surface area (Å²) in [7, 11) is 0. The van der Waals surface area contributed by atoms with Crippen LogP contribution in [0.25, 0.3) is 22.2 Å². The molecule has 4 heteroatoms. The summed E-state index contributed by atoms with van der Waals surface area (Å²) in [6, 6.07) is 17.2. The summed E-state index contributed by atoms with van der Waals surface area (Å²) in [6.45, 7) is 2.11. The number of aromatic amines is 1. The van der Waals surface area contributed by atoms with Crippen LogP contribution in [0.5, 0.6) is 0 Å². The molecular weight excluding hydrogens is 374 g/mol. The number of halogens is 1. The number of rotatable bonds is 1. The van der Waals surface area contributed by atoms with Crippen LogP contribution < -0.4 is 5.32 Å². The lowest BCUT2D eigenvalue weighted by Gasteiger charge is -2.20. The summed E-state index contributed by atoms with van der Waals surface area (Å²) in [5.74, 6) is 0. The number of fused-ring (bicyclic) bond motifs is 2. The Morgan fingerprint density at radius 3 is 2.80 bits per heavy atom. The third kappa shape index (κ3) is 2.21. The number of nitrogens with zero attached hydrogens (tertiary/aromatic N) is 1. The highest BCUT2D eigenvalue weighted by Gasteiger charge is 2.25. The first kappa shape index (κ1) is 14.7. The second-order valence-electron chi connectivity index (χ2n) is 6.46. The minimum atomic E-state index is 0.0669. The van der Waals surface area contributed by atoms with Crippen LogP contribution in [0.2, 0.25) is 0 Å². The Morgan fingerprint density at radius 2 is 1.92 bits per heavy atom. The average Bonchev–Trinajstić information content (AvgIpc) is 3.00. The van der Waals surface area contributed by atoms with Gasteiger partial charge in [-0.2, -0.15) is 0 Å². The van der Waals surface area contributed by atoms with E-state index in [-0.39, 0.29) is 6.04 Å². The molecule has 0 aliphatic carbocycles. The zero-order valence-corrected chi connectivity index (χ0v) is 15.3. The predicted octanol–water partition coefficient (Wildman–Crippen LogP) is 5.82. The SMILES string of the molecule is Cc1ccc(C2Nc3ccccc3-c3ccnc4[nH]cc2c34)cc1Br. The van der Waals surface area contributed by atoms with Crippen molar-refractivity contribution < 1.29 is 0 Å². The van der Waals surface area contributed by atoms with E-state index < -0.39 is 0 Å². The molecule has 25 heavy (non-hydrogen) atoms. The Hall–Kier alpha value is -2.59. The van der Waals surface area contributed by atoms with Gasteiger partial charge in [-0.05, 0) is 41.8 Å². The van der Waals surface area contributed by atoms with Crippen molar-refractivity contribution in [1.29, 1.82) is 0 Å². The quantitative estimate of drug-likeness (QED) is 0.430. The number of nitrogens with one attached hydrogen (secondary N) is 2. The molecule has 0 radical (unpaired) electrons. The van der Waals surface area contributed by atoms with Crippen LogP contribution in [-0.2, 0) is 0 Å². The summed E-state index contributed by atoms with van der Waals surface area (Å²) in [5.41, 5.74) is 8.20. The number of aryl methyl sites for hydroxylation is 1. The lowest BCUT2D eigenvalue weighted by atomic mass is 9.96. The van der Waals surface area contributed by atoms with Crippen molar-refractivity contribution in [3.05, 3.63) is 82.1 Å². The van der Waals surface area contributed by atoms with Crippen LogP contribution in [0.4, 0.5) is 5.69 Å². The molecule has 0 bridgehead atoms. The van der Waals surface area contributed by atoms with Gasteiger partial charge in [-0.1, -0.05) is 46.3 Å². The van der Waals surface area contributed by atoms with Gasteiger partial charge in [0.05, 0.1) is 6.04 Å². The van der Waals surface area contributed by atoms with E-state index in [1.165, 1.54) is 33.2 Å². The van der Waals surface area contributed by atoms with Gasteiger partial charge in [0, 0.05) is 39.1 Å². The van der Waals surface area contributed by atoms with Gasteiger partial charge in [-0.25, -0.2) is 4.98 Å². The van der Waals surface area contributed by atoms with Crippen molar-refractivity contribution in [2.24, 2.45) is 0 Å². The third-order valence-corrected chi connectivity index (χ3v) is 5.82. The zero-order valence-electron chi connectivity index (χ0n) is 13.7. The minimum absolute atomic E-state index is 0.0669. The molecule has 122 valence electrons. The number of para-hydroxylation sites is 1. The highest BCUT2D eigenvalue weighted by molar-refractivity contribution is 9.10. The normalized spacial score (nSPS) is 15.5. The van der Waals surface area contributed by atoms with Crippen molar-refractivity contribution in [2.45, 2.75) is 13.0 Å². The maximum absolute atomic E-state index is 4.53. The van der Waals surface area contributed by atoms with Crippen LogP contribution in [0.1, 0.15) is 22.7 Å². The van der Waals surface area contributed by atoms with Gasteiger partial charge in [-0.15, -0.1) is 0 Å². The van der Waals surface area contributed by atoms with Gasteiger partial charge in [0.15, 0.2) is 0 Å². The molecular formula is C21H16BrN3. The zero-order chi connectivity index (χ0) is 17.0. The first-order chi connectivity index (χ1) is 12.2. The number of H-pyrrole nitrogens is 1. The fourth-order valence-electron chi connectivity index (χ4n) is 3.66. The number of anilines is 1. The molecule has 4 aromatic rings. The third-order valence-electron chi connectivity index (χ3n) is 4.96. The lowest BCUT2D eigenvalue weighted by molar-refractivity contribution is 0.950. The van der Waals surface area contributed by atoms with Crippen molar-refractivity contribution in [3.63, 3.8) is 0 Å². The van der Waals surface area contributed by atoms with Crippen LogP contribution in [-0.4, -0.2) is 9.97 Å². The molecule has 3 nitrogen and oxygen atoms in total. The van der Waals surface area contributed by atoms with E-state index in [4.69, 9.17) is 0 Å². The van der Waals surface area contributed by atoms with Crippen molar-refractivity contribution in [3.8, 4) is 11.1 Å². The molecule has 1 aliphatic heterocycles. The molecule has 1 aliphatic rings. The van der Waals surface area contributed by atoms with Crippen LogP contribution in [0.3, 0.4) is 0 Å². The molecule has 2 aromatic heterocycles. The Kier molecular flexibility index (Phi) is 3.22. The van der Waals surface area contributed by atoms with E-state index in [1.807, 2.05) is 6.20 Å². The van der Waals surface area contributed by atoms with Gasteiger partial charge in [-0.3, -0.25) is 0 Å². The lowest BCUT2D eigenvalue weighted by Crippen LogP contribution is -2.11. The van der Waals surface area contributed by atoms with E-state index in [0.29, 0.717) is 0 Å². The fraction of sp³-hybridized carbons (Fsp3) is 0.0952. The summed E-state index contributed by atoms with van der Waals surface area (Å²) in [5, 5.41) is 4.94. The van der Waals surface area contributed by atoms with Crippen LogP contribution >= 0.6 is 15.9 Å². The molecule has 2 aromatic carbocycles. The first-order valence-electron chi connectivity index (χ1n) is 8.30. The van der Waals surface area contributed by atoms with E-state index in [9.17, 15) is 0 Å². The molecule has 0 amide bonds. The molecule has 0 fully saturated rings. The monoisotopic (exact) mass is 389 g/mol. The van der Waals surface area contributed by atoms with Gasteiger partial charge in [0.2, 0.25) is 0 Å². The highest BCUT2D eigenvalue weighted by atomic mass is 79.9. The first-order valence-corrected chi connectivity index (χ1v) is 9.09. The molecule has 3 heterocycles. The van der Waals surface area contributed by atoms with Gasteiger partial charge >= 0.3 is 0 Å². The second kappa shape index (κ2) is 5.46. The Morgan fingerprint density at radius 1 is 1.04 bits per heavy atom. The number of hydrogen-bond donors (Lipinski definition) is 2. The minimum Gasteiger partial charge on any atom is -0.374 e. The van der Waals surface area contributed by atoms with E-state index in [0.717, 1.165) is 15.8 Å². The fourth-order valence-corrected chi connectivity index (χ4v) is 4.06. The molecule has 1 atom stereocenters. The number of aromatic nitrogens is 2. The maximum atomic E-state index is 4.53. The molecule has 5 rings (SSSR count). The summed E-state index contributed by atoms with van der Waals surface area (Å²) in [4.78, 5) is 7.87. The number of benzene rings is 2. The summed E-state index contributed by atoms with van der Waals surface area (Å²) >= 11 is 3.68. The maximum Gasteiger partial charge on any atom is 0.138 e.